The van der Waals surface area contributed by atoms with E-state index in [0.717, 1.165) is 16.7 Å². The molecule has 1 fully saturated rings. The SMILES string of the molecule is CC(=O)OC1C(OCc2ccccc2)[C@H](OCc2ccccc2)C(COCc2ccccc2)O[C@@H]1Cl. The van der Waals surface area contributed by atoms with Gasteiger partial charge in [0.25, 0.3) is 0 Å². The van der Waals surface area contributed by atoms with Gasteiger partial charge in [0.2, 0.25) is 0 Å². The number of halogens is 1. The summed E-state index contributed by atoms with van der Waals surface area (Å²) in [5, 5.41) is 0. The molecule has 3 aromatic rings. The largest absolute Gasteiger partial charge is 0.456 e. The van der Waals surface area contributed by atoms with Gasteiger partial charge in [0.05, 0.1) is 26.4 Å². The molecule has 1 heterocycles. The van der Waals surface area contributed by atoms with Crippen LogP contribution >= 0.6 is 11.6 Å². The molecule has 1 saturated heterocycles. The molecule has 3 unspecified atom stereocenters. The lowest BCUT2D eigenvalue weighted by Gasteiger charge is -2.43. The average Bonchev–Trinajstić information content (AvgIpc) is 2.90. The Bertz CT molecular complexity index is 1050. The number of carbonyl (C=O) groups is 1. The van der Waals surface area contributed by atoms with Crippen molar-refractivity contribution >= 4 is 17.6 Å². The number of esters is 1. The van der Waals surface area contributed by atoms with Crippen molar-refractivity contribution in [3.63, 3.8) is 0 Å². The lowest BCUT2D eigenvalue weighted by molar-refractivity contribution is -0.250. The van der Waals surface area contributed by atoms with Crippen LogP contribution in [-0.4, -0.2) is 42.6 Å². The summed E-state index contributed by atoms with van der Waals surface area (Å²) in [6.45, 7) is 2.62. The van der Waals surface area contributed by atoms with Crippen LogP contribution in [0.25, 0.3) is 0 Å². The minimum Gasteiger partial charge on any atom is -0.456 e. The Balaban J connectivity index is 1.53. The lowest BCUT2D eigenvalue weighted by Crippen LogP contribution is -2.60. The van der Waals surface area contributed by atoms with Gasteiger partial charge < -0.3 is 23.7 Å². The van der Waals surface area contributed by atoms with Crippen LogP contribution in [0.2, 0.25) is 0 Å². The van der Waals surface area contributed by atoms with E-state index in [-0.39, 0.29) is 6.61 Å². The predicted octanol–water partition coefficient (Wildman–Crippen LogP) is 5.27. The van der Waals surface area contributed by atoms with E-state index in [9.17, 15) is 4.79 Å². The Kier molecular flexibility index (Phi) is 9.90. The molecule has 1 aliphatic heterocycles. The Morgan fingerprint density at radius 1 is 0.722 bits per heavy atom. The molecule has 0 bridgehead atoms. The highest BCUT2D eigenvalue weighted by Gasteiger charge is 2.49. The van der Waals surface area contributed by atoms with Crippen molar-refractivity contribution in [2.75, 3.05) is 6.61 Å². The molecule has 0 amide bonds. The molecule has 0 aromatic heterocycles. The van der Waals surface area contributed by atoms with Crippen molar-refractivity contribution in [1.82, 2.24) is 0 Å². The summed E-state index contributed by atoms with van der Waals surface area (Å²) in [7, 11) is 0. The van der Waals surface area contributed by atoms with Crippen LogP contribution in [0.4, 0.5) is 0 Å². The molecule has 3 aromatic carbocycles. The van der Waals surface area contributed by atoms with E-state index in [1.165, 1.54) is 6.92 Å². The molecule has 7 heteroatoms. The molecule has 5 atom stereocenters. The Labute approximate surface area is 217 Å². The first-order chi connectivity index (χ1) is 17.6. The summed E-state index contributed by atoms with van der Waals surface area (Å²) in [5.74, 6) is -0.469. The van der Waals surface area contributed by atoms with Crippen LogP contribution in [0.1, 0.15) is 23.6 Å². The number of rotatable bonds is 11. The second-order valence-electron chi connectivity index (χ2n) is 8.62. The number of ether oxygens (including phenoxy) is 5. The van der Waals surface area contributed by atoms with E-state index < -0.39 is 35.9 Å². The zero-order valence-electron chi connectivity index (χ0n) is 20.2. The third-order valence-electron chi connectivity index (χ3n) is 5.84. The highest BCUT2D eigenvalue weighted by Crippen LogP contribution is 2.32. The zero-order valence-corrected chi connectivity index (χ0v) is 21.0. The van der Waals surface area contributed by atoms with Crippen LogP contribution in [0, 0.1) is 0 Å². The van der Waals surface area contributed by atoms with Crippen molar-refractivity contribution in [2.45, 2.75) is 56.7 Å². The topological polar surface area (TPSA) is 63.2 Å². The number of alkyl halides is 1. The number of carbonyl (C=O) groups excluding carboxylic acids is 1. The summed E-state index contributed by atoms with van der Waals surface area (Å²) < 4.78 is 30.3. The summed E-state index contributed by atoms with van der Waals surface area (Å²) in [6.07, 6.45) is -2.64. The van der Waals surface area contributed by atoms with Crippen LogP contribution in [0.5, 0.6) is 0 Å². The van der Waals surface area contributed by atoms with Crippen molar-refractivity contribution in [3.8, 4) is 0 Å². The van der Waals surface area contributed by atoms with E-state index in [4.69, 9.17) is 35.3 Å². The number of hydrogen-bond donors (Lipinski definition) is 0. The molecule has 0 aliphatic carbocycles. The van der Waals surface area contributed by atoms with Crippen molar-refractivity contribution in [3.05, 3.63) is 108 Å². The van der Waals surface area contributed by atoms with Gasteiger partial charge in [-0.1, -0.05) is 103 Å². The Morgan fingerprint density at radius 2 is 1.19 bits per heavy atom. The standard InChI is InChI=1S/C29H31ClO6/c1-21(31)35-28-27(34-19-24-15-9-4-10-16-24)26(33-18-23-13-7-3-8-14-23)25(36-29(28)30)20-32-17-22-11-5-2-6-12-22/h2-16,25-29H,17-20H2,1H3/t25?,26-,27?,28?,29+/m1/s1. The predicted molar refractivity (Wildman–Crippen MR) is 136 cm³/mol. The minimum absolute atomic E-state index is 0.232. The first-order valence-electron chi connectivity index (χ1n) is 12.0. The maximum absolute atomic E-state index is 11.9. The third kappa shape index (κ3) is 7.63. The van der Waals surface area contributed by atoms with Crippen LogP contribution in [0.3, 0.4) is 0 Å². The fourth-order valence-corrected chi connectivity index (χ4v) is 4.44. The van der Waals surface area contributed by atoms with Crippen molar-refractivity contribution in [1.29, 1.82) is 0 Å². The second kappa shape index (κ2) is 13.5. The van der Waals surface area contributed by atoms with Gasteiger partial charge in [-0.3, -0.25) is 4.79 Å². The van der Waals surface area contributed by atoms with Crippen molar-refractivity contribution in [2.24, 2.45) is 0 Å². The van der Waals surface area contributed by atoms with Gasteiger partial charge in [0.15, 0.2) is 11.7 Å². The van der Waals surface area contributed by atoms with E-state index in [0.29, 0.717) is 19.8 Å². The number of benzene rings is 3. The van der Waals surface area contributed by atoms with E-state index >= 15 is 0 Å². The van der Waals surface area contributed by atoms with E-state index in [1.807, 2.05) is 91.0 Å². The normalized spacial score (nSPS) is 23.8. The Hall–Kier alpha value is -2.74. The van der Waals surface area contributed by atoms with Gasteiger partial charge in [-0.25, -0.2) is 0 Å². The van der Waals surface area contributed by atoms with Gasteiger partial charge >= 0.3 is 5.97 Å². The zero-order chi connectivity index (χ0) is 25.2. The van der Waals surface area contributed by atoms with Crippen LogP contribution in [0.15, 0.2) is 91.0 Å². The maximum atomic E-state index is 11.9. The molecule has 1 aliphatic rings. The molecule has 4 rings (SSSR count). The lowest BCUT2D eigenvalue weighted by atomic mass is 9.99. The highest BCUT2D eigenvalue weighted by molar-refractivity contribution is 6.20. The average molecular weight is 511 g/mol. The van der Waals surface area contributed by atoms with Gasteiger partial charge in [-0.2, -0.15) is 0 Å². The summed E-state index contributed by atoms with van der Waals surface area (Å²) in [6, 6.07) is 29.5. The van der Waals surface area contributed by atoms with Crippen molar-refractivity contribution < 1.29 is 28.5 Å². The minimum atomic E-state index is -0.920. The van der Waals surface area contributed by atoms with Gasteiger partial charge in [-0.15, -0.1) is 0 Å². The first-order valence-corrected chi connectivity index (χ1v) is 12.4. The molecular weight excluding hydrogens is 480 g/mol. The smallest absolute Gasteiger partial charge is 0.303 e. The van der Waals surface area contributed by atoms with E-state index in [1.54, 1.807) is 0 Å². The van der Waals surface area contributed by atoms with Crippen LogP contribution in [-0.2, 0) is 48.3 Å². The summed E-state index contributed by atoms with van der Waals surface area (Å²) in [4.78, 5) is 11.9. The summed E-state index contributed by atoms with van der Waals surface area (Å²) in [5.41, 5.74) is 2.11. The van der Waals surface area contributed by atoms with E-state index in [2.05, 4.69) is 0 Å². The molecule has 190 valence electrons. The first kappa shape index (κ1) is 26.3. The van der Waals surface area contributed by atoms with Gasteiger partial charge in [0.1, 0.15) is 18.3 Å². The summed E-state index contributed by atoms with van der Waals surface area (Å²) >= 11 is 6.59. The Morgan fingerprint density at radius 3 is 1.69 bits per heavy atom. The molecule has 6 nitrogen and oxygen atoms in total. The fourth-order valence-electron chi connectivity index (χ4n) is 4.11. The van der Waals surface area contributed by atoms with Gasteiger partial charge in [0, 0.05) is 6.92 Å². The molecule has 0 radical (unpaired) electrons. The highest BCUT2D eigenvalue weighted by atomic mass is 35.5. The quantitative estimate of drug-likeness (QED) is 0.259. The molecular formula is C29H31ClO6. The van der Waals surface area contributed by atoms with Crippen LogP contribution < -0.4 is 0 Å². The maximum Gasteiger partial charge on any atom is 0.303 e. The fraction of sp³-hybridized carbons (Fsp3) is 0.345. The molecule has 0 spiro atoms. The second-order valence-corrected chi connectivity index (χ2v) is 9.05. The molecule has 36 heavy (non-hydrogen) atoms. The third-order valence-corrected chi connectivity index (χ3v) is 6.19. The molecule has 0 saturated carbocycles. The monoisotopic (exact) mass is 510 g/mol. The van der Waals surface area contributed by atoms with Gasteiger partial charge in [-0.05, 0) is 16.7 Å². The molecule has 0 N–H and O–H groups in total. The number of hydrogen-bond acceptors (Lipinski definition) is 6.